The molecule has 5 N–H and O–H groups in total. The Morgan fingerprint density at radius 3 is 2.71 bits per heavy atom. The Morgan fingerprint density at radius 1 is 1.64 bits per heavy atom. The third-order valence-corrected chi connectivity index (χ3v) is 1.53. The van der Waals surface area contributed by atoms with Crippen LogP contribution in [0.15, 0.2) is 17.6 Å². The van der Waals surface area contributed by atoms with Gasteiger partial charge in [-0.15, -0.1) is 19.0 Å². The summed E-state index contributed by atoms with van der Waals surface area (Å²) in [6.07, 6.45) is 3.97. The molecule has 5 nitrogen and oxygen atoms in total. The van der Waals surface area contributed by atoms with E-state index in [-0.39, 0.29) is 18.4 Å². The number of nitrogens with zero attached hydrogens (tertiary/aromatic N) is 1. The van der Waals surface area contributed by atoms with Crippen LogP contribution >= 0.6 is 12.4 Å². The van der Waals surface area contributed by atoms with Gasteiger partial charge in [-0.05, 0) is 12.8 Å². The number of hydrogen-bond acceptors (Lipinski definition) is 2. The lowest BCUT2D eigenvalue weighted by atomic mass is 10.6. The predicted molar refractivity (Wildman–Crippen MR) is 61.0 cm³/mol. The van der Waals surface area contributed by atoms with Crippen molar-refractivity contribution in [2.45, 2.75) is 18.9 Å². The van der Waals surface area contributed by atoms with Gasteiger partial charge in [0.1, 0.15) is 0 Å². The zero-order chi connectivity index (χ0) is 9.68. The van der Waals surface area contributed by atoms with Gasteiger partial charge in [0, 0.05) is 6.54 Å². The van der Waals surface area contributed by atoms with E-state index in [2.05, 4.69) is 22.2 Å². The first-order valence-corrected chi connectivity index (χ1v) is 4.26. The molecule has 1 rings (SSSR count). The fourth-order valence-corrected chi connectivity index (χ4v) is 0.805. The Labute approximate surface area is 89.8 Å². The van der Waals surface area contributed by atoms with Crippen LogP contribution in [0, 0.1) is 5.41 Å². The molecule has 80 valence electrons. The fourth-order valence-electron chi connectivity index (χ4n) is 0.805. The maximum absolute atomic E-state index is 7.04. The molecular formula is C8H16ClN5. The second-order valence-electron chi connectivity index (χ2n) is 2.92. The summed E-state index contributed by atoms with van der Waals surface area (Å²) >= 11 is 0. The lowest BCUT2D eigenvalue weighted by Gasteiger charge is -2.08. The number of aliphatic imine (C=N–C) groups is 1. The minimum absolute atomic E-state index is 0. The molecule has 1 fully saturated rings. The second kappa shape index (κ2) is 6.26. The quantitative estimate of drug-likeness (QED) is 0.309. The number of nitrogens with one attached hydrogen (secondary N) is 3. The Morgan fingerprint density at radius 2 is 2.29 bits per heavy atom. The first kappa shape index (κ1) is 12.8. The van der Waals surface area contributed by atoms with Crippen molar-refractivity contribution in [3.05, 3.63) is 12.7 Å². The molecule has 0 amide bonds. The van der Waals surface area contributed by atoms with E-state index in [1.165, 1.54) is 0 Å². The molecule has 0 heterocycles. The van der Waals surface area contributed by atoms with Gasteiger partial charge in [-0.1, -0.05) is 6.08 Å². The van der Waals surface area contributed by atoms with Gasteiger partial charge in [-0.25, -0.2) is 4.99 Å². The molecule has 0 aromatic rings. The number of halogens is 1. The number of hydrogen-bond donors (Lipinski definition) is 4. The first-order chi connectivity index (χ1) is 6.22. The van der Waals surface area contributed by atoms with Crippen molar-refractivity contribution >= 4 is 24.3 Å². The maximum Gasteiger partial charge on any atom is 0.198 e. The summed E-state index contributed by atoms with van der Waals surface area (Å²) in [6.45, 7) is 4.19. The van der Waals surface area contributed by atoms with Crippen LogP contribution in [0.25, 0.3) is 0 Å². The Kier molecular flexibility index (Phi) is 5.71. The smallest absolute Gasteiger partial charge is 0.198 e. The molecule has 0 radical (unpaired) electrons. The van der Waals surface area contributed by atoms with E-state index >= 15 is 0 Å². The highest BCUT2D eigenvalue weighted by Crippen LogP contribution is 2.23. The zero-order valence-electron chi connectivity index (χ0n) is 7.92. The molecule has 0 aromatic heterocycles. The lowest BCUT2D eigenvalue weighted by molar-refractivity contribution is 0.938. The molecule has 0 saturated heterocycles. The van der Waals surface area contributed by atoms with Crippen LogP contribution < -0.4 is 16.4 Å². The van der Waals surface area contributed by atoms with E-state index in [9.17, 15) is 0 Å². The van der Waals surface area contributed by atoms with Gasteiger partial charge in [0.15, 0.2) is 11.9 Å². The van der Waals surface area contributed by atoms with Crippen molar-refractivity contribution in [1.29, 1.82) is 5.41 Å². The van der Waals surface area contributed by atoms with E-state index < -0.39 is 0 Å². The highest BCUT2D eigenvalue weighted by Gasteiger charge is 2.21. The topological polar surface area (TPSA) is 86.3 Å². The fraction of sp³-hybridized carbons (Fsp3) is 0.500. The number of guanidine groups is 2. The molecule has 0 bridgehead atoms. The van der Waals surface area contributed by atoms with Crippen molar-refractivity contribution in [3.63, 3.8) is 0 Å². The number of nitrogens with two attached hydrogens (primary N) is 1. The summed E-state index contributed by atoms with van der Waals surface area (Å²) in [5.41, 5.74) is 5.19. The molecule has 14 heavy (non-hydrogen) atoms. The maximum atomic E-state index is 7.04. The van der Waals surface area contributed by atoms with E-state index in [0.29, 0.717) is 18.5 Å². The monoisotopic (exact) mass is 217 g/mol. The van der Waals surface area contributed by atoms with Crippen LogP contribution in [0.1, 0.15) is 12.8 Å². The summed E-state index contributed by atoms with van der Waals surface area (Å²) in [5, 5.41) is 12.7. The molecule has 6 heteroatoms. The SMILES string of the molecule is C=CCN/C(=N/C1CC1)NC(=N)N.Cl. The molecule has 0 atom stereocenters. The van der Waals surface area contributed by atoms with Crippen LogP contribution in [-0.2, 0) is 0 Å². The third kappa shape index (κ3) is 5.42. The average Bonchev–Trinajstić information content (AvgIpc) is 2.83. The van der Waals surface area contributed by atoms with E-state index in [0.717, 1.165) is 12.8 Å². The van der Waals surface area contributed by atoms with Crippen molar-refractivity contribution < 1.29 is 0 Å². The van der Waals surface area contributed by atoms with Crippen molar-refractivity contribution in [2.75, 3.05) is 6.54 Å². The Hall–Kier alpha value is -1.23. The van der Waals surface area contributed by atoms with Gasteiger partial charge < -0.3 is 11.1 Å². The average molecular weight is 218 g/mol. The van der Waals surface area contributed by atoms with Crippen LogP contribution in [0.2, 0.25) is 0 Å². The Balaban J connectivity index is 0.00000169. The van der Waals surface area contributed by atoms with Crippen LogP contribution in [0.4, 0.5) is 0 Å². The molecule has 1 aliphatic carbocycles. The molecule has 0 unspecified atom stereocenters. The Bertz CT molecular complexity index is 234. The number of rotatable bonds is 3. The minimum atomic E-state index is -0.101. The second-order valence-corrected chi connectivity index (χ2v) is 2.92. The van der Waals surface area contributed by atoms with Crippen LogP contribution in [0.3, 0.4) is 0 Å². The summed E-state index contributed by atoms with van der Waals surface area (Å²) in [4.78, 5) is 4.29. The largest absolute Gasteiger partial charge is 0.370 e. The van der Waals surface area contributed by atoms with E-state index in [1.807, 2.05) is 0 Å². The summed E-state index contributed by atoms with van der Waals surface area (Å²) in [5.74, 6) is 0.464. The van der Waals surface area contributed by atoms with Gasteiger partial charge in [-0.2, -0.15) is 0 Å². The van der Waals surface area contributed by atoms with Gasteiger partial charge in [0.2, 0.25) is 0 Å². The van der Waals surface area contributed by atoms with Crippen molar-refractivity contribution in [2.24, 2.45) is 10.7 Å². The predicted octanol–water partition coefficient (Wildman–Crippen LogP) is 0.185. The molecule has 1 saturated carbocycles. The first-order valence-electron chi connectivity index (χ1n) is 4.26. The van der Waals surface area contributed by atoms with Gasteiger partial charge >= 0.3 is 0 Å². The summed E-state index contributed by atoms with van der Waals surface area (Å²) in [6, 6.07) is 0.402. The van der Waals surface area contributed by atoms with E-state index in [4.69, 9.17) is 11.1 Å². The van der Waals surface area contributed by atoms with Crippen molar-refractivity contribution in [3.8, 4) is 0 Å². The van der Waals surface area contributed by atoms with Gasteiger partial charge in [0.05, 0.1) is 6.04 Å². The van der Waals surface area contributed by atoms with Crippen LogP contribution in [0.5, 0.6) is 0 Å². The minimum Gasteiger partial charge on any atom is -0.370 e. The molecule has 0 spiro atoms. The van der Waals surface area contributed by atoms with E-state index in [1.54, 1.807) is 6.08 Å². The summed E-state index contributed by atoms with van der Waals surface area (Å²) in [7, 11) is 0. The molecule has 0 aromatic carbocycles. The molecule has 0 aliphatic heterocycles. The van der Waals surface area contributed by atoms with Gasteiger partial charge in [-0.3, -0.25) is 10.7 Å². The van der Waals surface area contributed by atoms with Crippen LogP contribution in [-0.4, -0.2) is 24.5 Å². The highest BCUT2D eigenvalue weighted by molar-refractivity contribution is 5.96. The van der Waals surface area contributed by atoms with Crippen molar-refractivity contribution in [1.82, 2.24) is 10.6 Å². The lowest BCUT2D eigenvalue weighted by Crippen LogP contribution is -2.44. The van der Waals surface area contributed by atoms with Gasteiger partial charge in [0.25, 0.3) is 0 Å². The molecule has 1 aliphatic rings. The normalized spacial score (nSPS) is 15.3. The summed E-state index contributed by atoms with van der Waals surface area (Å²) < 4.78 is 0. The zero-order valence-corrected chi connectivity index (χ0v) is 8.73. The highest BCUT2D eigenvalue weighted by atomic mass is 35.5. The molecular weight excluding hydrogens is 202 g/mol. The third-order valence-electron chi connectivity index (χ3n) is 1.53. The standard InChI is InChI=1S/C8H15N5.ClH/c1-2-5-11-8(13-7(9)10)12-6-3-4-6;/h2,6H,1,3-5H2,(H5,9,10,11,12,13);1H.